The fourth-order valence-electron chi connectivity index (χ4n) is 3.00. The van der Waals surface area contributed by atoms with Crippen LogP contribution in [0.1, 0.15) is 56.1 Å². The predicted molar refractivity (Wildman–Crippen MR) is 120 cm³/mol. The van der Waals surface area contributed by atoms with Gasteiger partial charge in [0.2, 0.25) is 10.0 Å². The van der Waals surface area contributed by atoms with E-state index >= 15 is 0 Å². The molecule has 0 atom stereocenters. The first-order valence-electron chi connectivity index (χ1n) is 10.0. The molecule has 0 fully saturated rings. The molecule has 0 bridgehead atoms. The number of hydrogen-bond acceptors (Lipinski definition) is 4. The SMILES string of the molecule is COc1ccc(C(=O)NCCc2ccc(C(C)(C)C)cc2)cc1S(=O)(=O)NC(C)C. The summed E-state index contributed by atoms with van der Waals surface area (Å²) in [5.41, 5.74) is 2.76. The molecule has 0 radical (unpaired) electrons. The van der Waals surface area contributed by atoms with Crippen molar-refractivity contribution in [3.05, 3.63) is 59.2 Å². The molecule has 2 rings (SSSR count). The van der Waals surface area contributed by atoms with Gasteiger partial charge in [-0.2, -0.15) is 0 Å². The Labute approximate surface area is 180 Å². The minimum atomic E-state index is -3.79. The number of amides is 1. The van der Waals surface area contributed by atoms with E-state index in [-0.39, 0.29) is 33.6 Å². The highest BCUT2D eigenvalue weighted by Gasteiger charge is 2.22. The summed E-state index contributed by atoms with van der Waals surface area (Å²) in [6.45, 7) is 10.4. The van der Waals surface area contributed by atoms with Crippen molar-refractivity contribution in [1.82, 2.24) is 10.0 Å². The van der Waals surface area contributed by atoms with Gasteiger partial charge in [-0.25, -0.2) is 13.1 Å². The van der Waals surface area contributed by atoms with Crippen LogP contribution >= 0.6 is 0 Å². The highest BCUT2D eigenvalue weighted by atomic mass is 32.2. The Hall–Kier alpha value is -2.38. The summed E-state index contributed by atoms with van der Waals surface area (Å²) in [6.07, 6.45) is 0.687. The maximum atomic E-state index is 12.6. The first kappa shape index (κ1) is 23.9. The maximum absolute atomic E-state index is 12.6. The van der Waals surface area contributed by atoms with Crippen molar-refractivity contribution in [3.63, 3.8) is 0 Å². The van der Waals surface area contributed by atoms with Gasteiger partial charge < -0.3 is 10.1 Å². The quantitative estimate of drug-likeness (QED) is 0.667. The zero-order valence-corrected chi connectivity index (χ0v) is 19.4. The molecule has 30 heavy (non-hydrogen) atoms. The normalized spacial score (nSPS) is 12.1. The lowest BCUT2D eigenvalue weighted by Gasteiger charge is -2.19. The van der Waals surface area contributed by atoms with Crippen molar-refractivity contribution in [3.8, 4) is 5.75 Å². The smallest absolute Gasteiger partial charge is 0.251 e. The third kappa shape index (κ3) is 6.31. The van der Waals surface area contributed by atoms with Gasteiger partial charge in [0.05, 0.1) is 7.11 Å². The molecular formula is C23H32N2O4S. The summed E-state index contributed by atoms with van der Waals surface area (Å²) in [5, 5.41) is 2.85. The number of carbonyl (C=O) groups excluding carboxylic acids is 1. The van der Waals surface area contributed by atoms with Gasteiger partial charge in [0.25, 0.3) is 5.91 Å². The summed E-state index contributed by atoms with van der Waals surface area (Å²) in [7, 11) is -2.40. The van der Waals surface area contributed by atoms with E-state index in [0.29, 0.717) is 13.0 Å². The minimum Gasteiger partial charge on any atom is -0.495 e. The van der Waals surface area contributed by atoms with E-state index in [2.05, 4.69) is 55.1 Å². The second kappa shape index (κ2) is 9.62. The third-order valence-corrected chi connectivity index (χ3v) is 6.31. The Bertz CT molecular complexity index is 975. The van der Waals surface area contributed by atoms with Crippen LogP contribution < -0.4 is 14.8 Å². The fraction of sp³-hybridized carbons (Fsp3) is 0.435. The average Bonchev–Trinajstić information content (AvgIpc) is 2.66. The first-order chi connectivity index (χ1) is 13.9. The second-order valence-corrected chi connectivity index (χ2v) is 10.3. The van der Waals surface area contributed by atoms with E-state index in [9.17, 15) is 13.2 Å². The summed E-state index contributed by atoms with van der Waals surface area (Å²) < 4.78 is 32.8. The van der Waals surface area contributed by atoms with Gasteiger partial charge in [0.1, 0.15) is 10.6 Å². The molecular weight excluding hydrogens is 400 g/mol. The van der Waals surface area contributed by atoms with Crippen molar-refractivity contribution in [2.45, 2.75) is 57.4 Å². The molecule has 0 saturated heterocycles. The van der Waals surface area contributed by atoms with Crippen LogP contribution in [-0.4, -0.2) is 34.0 Å². The Morgan fingerprint density at radius 2 is 1.70 bits per heavy atom. The average molecular weight is 433 g/mol. The lowest BCUT2D eigenvalue weighted by atomic mass is 9.86. The van der Waals surface area contributed by atoms with Crippen LogP contribution in [0.2, 0.25) is 0 Å². The lowest BCUT2D eigenvalue weighted by Crippen LogP contribution is -2.31. The Kier molecular flexibility index (Phi) is 7.66. The molecule has 0 spiro atoms. The first-order valence-corrected chi connectivity index (χ1v) is 11.5. The zero-order valence-electron chi connectivity index (χ0n) is 18.6. The van der Waals surface area contributed by atoms with Crippen LogP contribution in [-0.2, 0) is 21.9 Å². The van der Waals surface area contributed by atoms with E-state index in [1.165, 1.54) is 24.8 Å². The molecule has 0 aromatic heterocycles. The lowest BCUT2D eigenvalue weighted by molar-refractivity contribution is 0.0954. The molecule has 0 unspecified atom stereocenters. The van der Waals surface area contributed by atoms with E-state index in [1.807, 2.05) is 0 Å². The summed E-state index contributed by atoms with van der Waals surface area (Å²) >= 11 is 0. The van der Waals surface area contributed by atoms with Crippen LogP contribution in [0.25, 0.3) is 0 Å². The Balaban J connectivity index is 2.07. The van der Waals surface area contributed by atoms with Gasteiger partial charge >= 0.3 is 0 Å². The van der Waals surface area contributed by atoms with Gasteiger partial charge in [-0.05, 0) is 55.0 Å². The molecule has 0 aliphatic heterocycles. The standard InChI is InChI=1S/C23H32N2O4S/c1-16(2)25-30(27,28)21-15-18(9-12-20(21)29-6)22(26)24-14-13-17-7-10-19(11-8-17)23(3,4)5/h7-12,15-16,25H,13-14H2,1-6H3,(H,24,26). The molecule has 2 N–H and O–H groups in total. The van der Waals surface area contributed by atoms with Gasteiger partial charge in [0.15, 0.2) is 0 Å². The predicted octanol–water partition coefficient (Wildman–Crippen LogP) is 3.65. The van der Waals surface area contributed by atoms with Crippen molar-refractivity contribution in [2.75, 3.05) is 13.7 Å². The summed E-state index contributed by atoms with van der Waals surface area (Å²) in [5.74, 6) is -0.136. The van der Waals surface area contributed by atoms with Gasteiger partial charge in [-0.15, -0.1) is 0 Å². The molecule has 7 heteroatoms. The molecule has 2 aromatic rings. The molecule has 6 nitrogen and oxygen atoms in total. The number of methoxy groups -OCH3 is 1. The largest absolute Gasteiger partial charge is 0.495 e. The number of hydrogen-bond donors (Lipinski definition) is 2. The number of benzene rings is 2. The van der Waals surface area contributed by atoms with Crippen LogP contribution in [0.5, 0.6) is 5.75 Å². The fourth-order valence-corrected chi connectivity index (χ4v) is 4.44. The van der Waals surface area contributed by atoms with Gasteiger partial charge in [-0.3, -0.25) is 4.79 Å². The van der Waals surface area contributed by atoms with Crippen molar-refractivity contribution in [2.24, 2.45) is 0 Å². The minimum absolute atomic E-state index is 0.0517. The van der Waals surface area contributed by atoms with Crippen LogP contribution in [0.4, 0.5) is 0 Å². The molecule has 0 aliphatic rings. The summed E-state index contributed by atoms with van der Waals surface area (Å²) in [4.78, 5) is 12.5. The monoisotopic (exact) mass is 432 g/mol. The Morgan fingerprint density at radius 1 is 1.07 bits per heavy atom. The second-order valence-electron chi connectivity index (χ2n) is 8.59. The van der Waals surface area contributed by atoms with E-state index < -0.39 is 10.0 Å². The highest BCUT2D eigenvalue weighted by molar-refractivity contribution is 7.89. The molecule has 1 amide bonds. The van der Waals surface area contributed by atoms with Crippen LogP contribution in [0, 0.1) is 0 Å². The van der Waals surface area contributed by atoms with E-state index in [0.717, 1.165) is 5.56 Å². The summed E-state index contributed by atoms with van der Waals surface area (Å²) in [6, 6.07) is 12.5. The van der Waals surface area contributed by atoms with Crippen LogP contribution in [0.15, 0.2) is 47.4 Å². The molecule has 0 aliphatic carbocycles. The van der Waals surface area contributed by atoms with Gasteiger partial charge in [0, 0.05) is 18.2 Å². The van der Waals surface area contributed by atoms with Crippen molar-refractivity contribution >= 4 is 15.9 Å². The molecule has 2 aromatic carbocycles. The van der Waals surface area contributed by atoms with Crippen LogP contribution in [0.3, 0.4) is 0 Å². The molecule has 0 heterocycles. The highest BCUT2D eigenvalue weighted by Crippen LogP contribution is 2.25. The van der Waals surface area contributed by atoms with Gasteiger partial charge in [-0.1, -0.05) is 45.0 Å². The number of sulfonamides is 1. The maximum Gasteiger partial charge on any atom is 0.251 e. The Morgan fingerprint density at radius 3 is 2.23 bits per heavy atom. The van der Waals surface area contributed by atoms with E-state index in [1.54, 1.807) is 19.9 Å². The third-order valence-electron chi connectivity index (χ3n) is 4.63. The number of nitrogens with one attached hydrogen (secondary N) is 2. The number of rotatable bonds is 8. The number of ether oxygens (including phenoxy) is 1. The topological polar surface area (TPSA) is 84.5 Å². The molecule has 0 saturated carbocycles. The molecule has 164 valence electrons. The van der Waals surface area contributed by atoms with Crippen molar-refractivity contribution < 1.29 is 17.9 Å². The van der Waals surface area contributed by atoms with Crippen molar-refractivity contribution in [1.29, 1.82) is 0 Å². The number of carbonyl (C=O) groups is 1. The zero-order chi connectivity index (χ0) is 22.5. The van der Waals surface area contributed by atoms with E-state index in [4.69, 9.17) is 4.74 Å².